The minimum atomic E-state index is -0.370. The van der Waals surface area contributed by atoms with E-state index in [2.05, 4.69) is 156 Å². The first kappa shape index (κ1) is 27.6. The molecule has 3 heterocycles. The second-order valence-corrected chi connectivity index (χ2v) is 12.7. The van der Waals surface area contributed by atoms with Gasteiger partial charge in [-0.15, -0.1) is 0 Å². The normalized spacial score (nSPS) is 15.6. The summed E-state index contributed by atoms with van der Waals surface area (Å²) in [4.78, 5) is 10.5. The van der Waals surface area contributed by atoms with Crippen LogP contribution in [0.1, 0.15) is 34.2 Å². The molecular formula is C44H30N4O. The highest BCUT2D eigenvalue weighted by molar-refractivity contribution is 6.15. The molecule has 49 heavy (non-hydrogen) atoms. The molecule has 5 nitrogen and oxygen atoms in total. The Morgan fingerprint density at radius 3 is 2.14 bits per heavy atom. The predicted molar refractivity (Wildman–Crippen MR) is 202 cm³/mol. The van der Waals surface area contributed by atoms with Crippen LogP contribution in [-0.2, 0) is 6.54 Å². The van der Waals surface area contributed by atoms with Crippen molar-refractivity contribution in [1.82, 2.24) is 10.6 Å². The standard InChI is InChI=1S/C44H30N4O/c1-3-10-29-22-32(18-16-27(29)8-1)42-46-43(33-19-17-28-9-2-4-11-30(28)23-33)48-44(47-42)34-24-31-12-5-6-13-35(31)38(25-34)36-14-7-15-39-41(36)37-20-21-45-26-40(37)49-39/h1-25,44-45H,26H2,(H,46,47,48). The molecule has 7 aromatic carbocycles. The Morgan fingerprint density at radius 2 is 1.33 bits per heavy atom. The largest absolute Gasteiger partial charge is 0.459 e. The van der Waals surface area contributed by atoms with Gasteiger partial charge < -0.3 is 15.1 Å². The third kappa shape index (κ3) is 4.70. The average molecular weight is 631 g/mol. The monoisotopic (exact) mass is 630 g/mol. The maximum atomic E-state index is 6.33. The molecule has 0 saturated heterocycles. The van der Waals surface area contributed by atoms with Crippen molar-refractivity contribution in [3.63, 3.8) is 0 Å². The second kappa shape index (κ2) is 11.1. The Kier molecular flexibility index (Phi) is 6.24. The van der Waals surface area contributed by atoms with E-state index >= 15 is 0 Å². The van der Waals surface area contributed by atoms with Crippen molar-refractivity contribution in [2.24, 2.45) is 9.98 Å². The molecule has 0 fully saturated rings. The van der Waals surface area contributed by atoms with Gasteiger partial charge in [0.05, 0.1) is 6.54 Å². The van der Waals surface area contributed by atoms with Crippen molar-refractivity contribution in [2.75, 3.05) is 0 Å². The number of rotatable bonds is 4. The molecule has 0 amide bonds. The zero-order chi connectivity index (χ0) is 32.3. The maximum absolute atomic E-state index is 6.33. The number of nitrogens with zero attached hydrogens (tertiary/aromatic N) is 2. The van der Waals surface area contributed by atoms with E-state index in [0.717, 1.165) is 66.7 Å². The van der Waals surface area contributed by atoms with Gasteiger partial charge in [0.25, 0.3) is 0 Å². The van der Waals surface area contributed by atoms with E-state index in [1.54, 1.807) is 0 Å². The smallest absolute Gasteiger partial charge is 0.159 e. The lowest BCUT2D eigenvalue weighted by atomic mass is 9.91. The Balaban J connectivity index is 1.17. The lowest BCUT2D eigenvalue weighted by molar-refractivity contribution is 0.532. The highest BCUT2D eigenvalue weighted by Crippen LogP contribution is 2.41. The quantitative estimate of drug-likeness (QED) is 0.203. The van der Waals surface area contributed by atoms with Crippen LogP contribution in [0.4, 0.5) is 0 Å². The number of benzene rings is 7. The first-order valence-electron chi connectivity index (χ1n) is 16.6. The van der Waals surface area contributed by atoms with Gasteiger partial charge in [-0.1, -0.05) is 109 Å². The van der Waals surface area contributed by atoms with Crippen LogP contribution in [0.2, 0.25) is 0 Å². The molecule has 1 aromatic heterocycles. The van der Waals surface area contributed by atoms with Gasteiger partial charge in [0.2, 0.25) is 0 Å². The van der Waals surface area contributed by atoms with Crippen molar-refractivity contribution in [3.05, 3.63) is 174 Å². The minimum absolute atomic E-state index is 0.370. The third-order valence-electron chi connectivity index (χ3n) is 9.72. The van der Waals surface area contributed by atoms with Gasteiger partial charge >= 0.3 is 0 Å². The molecule has 0 saturated carbocycles. The highest BCUT2D eigenvalue weighted by Gasteiger charge is 2.24. The number of furan rings is 1. The Bertz CT molecular complexity index is 2710. The summed E-state index contributed by atoms with van der Waals surface area (Å²) in [6.07, 6.45) is 3.76. The summed E-state index contributed by atoms with van der Waals surface area (Å²) in [5, 5.41) is 15.2. The Labute approximate surface area is 283 Å². The third-order valence-corrected chi connectivity index (χ3v) is 9.72. The average Bonchev–Trinajstić information content (AvgIpc) is 3.56. The molecule has 0 spiro atoms. The highest BCUT2D eigenvalue weighted by atomic mass is 16.3. The predicted octanol–water partition coefficient (Wildman–Crippen LogP) is 10.1. The van der Waals surface area contributed by atoms with E-state index in [-0.39, 0.29) is 6.17 Å². The van der Waals surface area contributed by atoms with Gasteiger partial charge in [-0.05, 0) is 91.6 Å². The lowest BCUT2D eigenvalue weighted by Gasteiger charge is -2.25. The molecule has 8 aromatic rings. The minimum Gasteiger partial charge on any atom is -0.459 e. The van der Waals surface area contributed by atoms with Crippen LogP contribution in [0.5, 0.6) is 0 Å². The fraction of sp³-hybridized carbons (Fsp3) is 0.0455. The van der Waals surface area contributed by atoms with Crippen LogP contribution in [0.3, 0.4) is 0 Å². The van der Waals surface area contributed by atoms with Gasteiger partial charge in [-0.25, -0.2) is 9.98 Å². The summed E-state index contributed by atoms with van der Waals surface area (Å²) in [5.74, 6) is 2.46. The lowest BCUT2D eigenvalue weighted by Crippen LogP contribution is -2.33. The topological polar surface area (TPSA) is 61.9 Å². The summed E-state index contributed by atoms with van der Waals surface area (Å²) in [7, 11) is 0. The van der Waals surface area contributed by atoms with Gasteiger partial charge in [0, 0.05) is 22.1 Å². The van der Waals surface area contributed by atoms with Crippen LogP contribution in [-0.4, -0.2) is 11.7 Å². The van der Waals surface area contributed by atoms with E-state index in [4.69, 9.17) is 14.4 Å². The van der Waals surface area contributed by atoms with Crippen LogP contribution in [0, 0.1) is 0 Å². The van der Waals surface area contributed by atoms with Crippen molar-refractivity contribution < 1.29 is 4.42 Å². The van der Waals surface area contributed by atoms with E-state index in [0.29, 0.717) is 12.4 Å². The van der Waals surface area contributed by atoms with E-state index < -0.39 is 0 Å². The number of aliphatic imine (C=N–C) groups is 2. The molecule has 1 unspecified atom stereocenters. The van der Waals surface area contributed by atoms with Crippen LogP contribution >= 0.6 is 0 Å². The molecule has 10 rings (SSSR count). The summed E-state index contributed by atoms with van der Waals surface area (Å²) in [6, 6.07) is 49.4. The van der Waals surface area contributed by atoms with Crippen LogP contribution in [0.25, 0.3) is 60.5 Å². The van der Waals surface area contributed by atoms with E-state index in [9.17, 15) is 0 Å². The number of hydrogen-bond donors (Lipinski definition) is 2. The maximum Gasteiger partial charge on any atom is 0.159 e. The molecule has 5 heteroatoms. The molecule has 0 aliphatic carbocycles. The fourth-order valence-corrected chi connectivity index (χ4v) is 7.32. The first-order valence-corrected chi connectivity index (χ1v) is 16.6. The number of nitrogens with one attached hydrogen (secondary N) is 2. The van der Waals surface area contributed by atoms with Crippen LogP contribution < -0.4 is 10.6 Å². The zero-order valence-electron chi connectivity index (χ0n) is 26.5. The van der Waals surface area contributed by atoms with Crippen molar-refractivity contribution in [1.29, 1.82) is 0 Å². The van der Waals surface area contributed by atoms with E-state index in [1.807, 2.05) is 6.20 Å². The number of amidine groups is 2. The van der Waals surface area contributed by atoms with Gasteiger partial charge in [0.15, 0.2) is 5.84 Å². The summed E-state index contributed by atoms with van der Waals surface area (Å²) in [5.41, 5.74) is 7.39. The molecule has 0 bridgehead atoms. The number of hydrogen-bond acceptors (Lipinski definition) is 5. The molecule has 1 atom stereocenters. The van der Waals surface area contributed by atoms with Crippen molar-refractivity contribution in [2.45, 2.75) is 12.7 Å². The second-order valence-electron chi connectivity index (χ2n) is 12.7. The van der Waals surface area contributed by atoms with Gasteiger partial charge in [-0.2, -0.15) is 0 Å². The Hall–Kier alpha value is -6.46. The van der Waals surface area contributed by atoms with Crippen molar-refractivity contribution >= 4 is 61.0 Å². The molecule has 232 valence electrons. The van der Waals surface area contributed by atoms with Gasteiger partial charge in [0.1, 0.15) is 23.3 Å². The summed E-state index contributed by atoms with van der Waals surface area (Å²) >= 11 is 0. The van der Waals surface area contributed by atoms with E-state index in [1.165, 1.54) is 21.5 Å². The zero-order valence-corrected chi connectivity index (χ0v) is 26.5. The summed E-state index contributed by atoms with van der Waals surface area (Å²) < 4.78 is 6.33. The number of fused-ring (bicyclic) bond motifs is 6. The molecular weight excluding hydrogens is 601 g/mol. The van der Waals surface area contributed by atoms with Crippen molar-refractivity contribution in [3.8, 4) is 11.1 Å². The molecule has 0 radical (unpaired) electrons. The molecule has 2 N–H and O–H groups in total. The molecule has 2 aliphatic heterocycles. The van der Waals surface area contributed by atoms with Crippen LogP contribution in [0.15, 0.2) is 160 Å². The summed E-state index contributed by atoms with van der Waals surface area (Å²) in [6.45, 7) is 0.676. The van der Waals surface area contributed by atoms with Gasteiger partial charge in [-0.3, -0.25) is 0 Å². The SMILES string of the molecule is C1=Cc2c(oc3cccc(-c4cc(C5N=C(c6ccc7ccccc7c6)N=C(c6ccc7ccccc7c6)N5)cc5ccccc45)c23)CN1. The first-order chi connectivity index (χ1) is 24.2. The fourth-order valence-electron chi connectivity index (χ4n) is 7.32. The Morgan fingerprint density at radius 1 is 0.612 bits per heavy atom. The molecule has 2 aliphatic rings.